The van der Waals surface area contributed by atoms with Crippen molar-refractivity contribution in [3.8, 4) is 10.7 Å². The van der Waals surface area contributed by atoms with Gasteiger partial charge < -0.3 is 5.32 Å². The second-order valence-corrected chi connectivity index (χ2v) is 5.35. The number of aromatic nitrogens is 3. The summed E-state index contributed by atoms with van der Waals surface area (Å²) in [6.07, 6.45) is 5.06. The molecule has 0 amide bonds. The van der Waals surface area contributed by atoms with Gasteiger partial charge >= 0.3 is 0 Å². The van der Waals surface area contributed by atoms with Crippen molar-refractivity contribution < 1.29 is 0 Å². The van der Waals surface area contributed by atoms with Gasteiger partial charge in [-0.2, -0.15) is 0 Å². The van der Waals surface area contributed by atoms with Gasteiger partial charge in [0.1, 0.15) is 0 Å². The van der Waals surface area contributed by atoms with Crippen molar-refractivity contribution in [3.05, 3.63) is 28.7 Å². The van der Waals surface area contributed by atoms with Crippen molar-refractivity contribution >= 4 is 11.3 Å². The lowest BCUT2D eigenvalue weighted by Gasteiger charge is -2.19. The highest BCUT2D eigenvalue weighted by molar-refractivity contribution is 7.13. The van der Waals surface area contributed by atoms with Crippen LogP contribution in [0.4, 0.5) is 0 Å². The molecule has 0 saturated heterocycles. The fourth-order valence-corrected chi connectivity index (χ4v) is 2.87. The van der Waals surface area contributed by atoms with Crippen LogP contribution < -0.4 is 5.32 Å². The minimum Gasteiger partial charge on any atom is -0.311 e. The lowest BCUT2D eigenvalue weighted by atomic mass is 10.0. The van der Waals surface area contributed by atoms with Gasteiger partial charge in [0.15, 0.2) is 5.82 Å². The van der Waals surface area contributed by atoms with Crippen LogP contribution in [0, 0.1) is 0 Å². The Kier molecular flexibility index (Phi) is 3.34. The second-order valence-electron chi connectivity index (χ2n) is 4.46. The molecule has 0 atom stereocenters. The molecular formula is C13H16N4S. The number of hydrogen-bond donors (Lipinski definition) is 1. The van der Waals surface area contributed by atoms with Gasteiger partial charge in [-0.3, -0.25) is 4.98 Å². The molecule has 4 nitrogen and oxygen atoms in total. The first-order valence-corrected chi connectivity index (χ1v) is 7.24. The Morgan fingerprint density at radius 2 is 2.33 bits per heavy atom. The summed E-state index contributed by atoms with van der Waals surface area (Å²) in [5, 5.41) is 3.38. The van der Waals surface area contributed by atoms with E-state index in [0.717, 1.165) is 43.1 Å². The van der Waals surface area contributed by atoms with Crippen molar-refractivity contribution in [1.29, 1.82) is 0 Å². The third-order valence-electron chi connectivity index (χ3n) is 3.16. The number of hydrogen-bond acceptors (Lipinski definition) is 5. The smallest absolute Gasteiger partial charge is 0.171 e. The van der Waals surface area contributed by atoms with E-state index in [1.165, 1.54) is 17.0 Å². The van der Waals surface area contributed by atoms with Gasteiger partial charge in [0.2, 0.25) is 0 Å². The van der Waals surface area contributed by atoms with Gasteiger partial charge in [-0.15, -0.1) is 11.3 Å². The summed E-state index contributed by atoms with van der Waals surface area (Å²) < 4.78 is 0. The minimum absolute atomic E-state index is 0.836. The van der Waals surface area contributed by atoms with Crippen LogP contribution in [0.1, 0.15) is 30.3 Å². The maximum Gasteiger partial charge on any atom is 0.171 e. The molecule has 0 unspecified atom stereocenters. The highest BCUT2D eigenvalue weighted by Crippen LogP contribution is 2.24. The van der Waals surface area contributed by atoms with Crippen molar-refractivity contribution in [2.24, 2.45) is 0 Å². The average molecular weight is 260 g/mol. The van der Waals surface area contributed by atoms with E-state index in [4.69, 9.17) is 9.97 Å². The molecular weight excluding hydrogens is 244 g/mol. The molecule has 18 heavy (non-hydrogen) atoms. The molecule has 1 N–H and O–H groups in total. The fraction of sp³-hybridized carbons (Fsp3) is 0.462. The van der Waals surface area contributed by atoms with Crippen LogP contribution >= 0.6 is 11.3 Å². The maximum atomic E-state index is 4.75. The lowest BCUT2D eigenvalue weighted by Crippen LogP contribution is -2.26. The molecule has 0 aliphatic carbocycles. The van der Waals surface area contributed by atoms with Crippen molar-refractivity contribution in [2.75, 3.05) is 6.54 Å². The minimum atomic E-state index is 0.836. The monoisotopic (exact) mass is 260 g/mol. The first-order valence-electron chi connectivity index (χ1n) is 6.36. The zero-order valence-corrected chi connectivity index (χ0v) is 11.3. The zero-order chi connectivity index (χ0) is 12.4. The summed E-state index contributed by atoms with van der Waals surface area (Å²) in [5.41, 5.74) is 5.59. The molecule has 0 saturated carbocycles. The quantitative estimate of drug-likeness (QED) is 0.919. The molecule has 5 heteroatoms. The number of fused-ring (bicyclic) bond motifs is 1. The summed E-state index contributed by atoms with van der Waals surface area (Å²) in [6, 6.07) is 0. The number of nitrogens with zero attached hydrogens (tertiary/aromatic N) is 3. The van der Waals surface area contributed by atoms with Crippen LogP contribution in [0.5, 0.6) is 0 Å². The Morgan fingerprint density at radius 3 is 3.11 bits per heavy atom. The molecule has 2 aromatic heterocycles. The lowest BCUT2D eigenvalue weighted by molar-refractivity contribution is 0.614. The Balaban J connectivity index is 2.09. The largest absolute Gasteiger partial charge is 0.311 e. The number of aryl methyl sites for hydroxylation is 1. The second kappa shape index (κ2) is 5.12. The Labute approximate surface area is 111 Å². The van der Waals surface area contributed by atoms with Gasteiger partial charge in [0.05, 0.1) is 16.1 Å². The van der Waals surface area contributed by atoms with Crippen molar-refractivity contribution in [3.63, 3.8) is 0 Å². The van der Waals surface area contributed by atoms with E-state index in [2.05, 4.69) is 17.2 Å². The van der Waals surface area contributed by atoms with Crippen LogP contribution in [-0.2, 0) is 19.4 Å². The third-order valence-corrected chi connectivity index (χ3v) is 3.93. The Hall–Kier alpha value is -1.33. The molecule has 1 aliphatic heterocycles. The van der Waals surface area contributed by atoms with E-state index in [-0.39, 0.29) is 0 Å². The summed E-state index contributed by atoms with van der Waals surface area (Å²) in [4.78, 5) is 14.6. The molecule has 0 spiro atoms. The van der Waals surface area contributed by atoms with Crippen molar-refractivity contribution in [2.45, 2.75) is 32.7 Å². The van der Waals surface area contributed by atoms with Gasteiger partial charge in [0, 0.05) is 18.4 Å². The number of thiazole rings is 1. The summed E-state index contributed by atoms with van der Waals surface area (Å²) >= 11 is 1.60. The number of nitrogens with one attached hydrogen (secondary N) is 1. The van der Waals surface area contributed by atoms with E-state index in [1.54, 1.807) is 11.3 Å². The number of rotatable bonds is 3. The van der Waals surface area contributed by atoms with Gasteiger partial charge in [-0.1, -0.05) is 13.3 Å². The maximum absolute atomic E-state index is 4.75. The van der Waals surface area contributed by atoms with Crippen molar-refractivity contribution in [1.82, 2.24) is 20.3 Å². The first kappa shape index (κ1) is 11.7. The zero-order valence-electron chi connectivity index (χ0n) is 10.4. The van der Waals surface area contributed by atoms with E-state index < -0.39 is 0 Å². The normalized spacial score (nSPS) is 14.5. The van der Waals surface area contributed by atoms with Gasteiger partial charge in [-0.25, -0.2) is 9.97 Å². The Bertz CT molecular complexity index is 536. The highest BCUT2D eigenvalue weighted by Gasteiger charge is 2.17. The Morgan fingerprint density at radius 1 is 1.39 bits per heavy atom. The highest BCUT2D eigenvalue weighted by atomic mass is 32.1. The van der Waals surface area contributed by atoms with Gasteiger partial charge in [0.25, 0.3) is 0 Å². The molecule has 0 bridgehead atoms. The van der Waals surface area contributed by atoms with E-state index in [9.17, 15) is 0 Å². The van der Waals surface area contributed by atoms with E-state index in [1.807, 2.05) is 11.7 Å². The van der Waals surface area contributed by atoms with Crippen LogP contribution in [0.3, 0.4) is 0 Å². The van der Waals surface area contributed by atoms with E-state index >= 15 is 0 Å². The molecule has 3 rings (SSSR count). The average Bonchev–Trinajstić information content (AvgIpc) is 2.93. The molecule has 0 radical (unpaired) electrons. The van der Waals surface area contributed by atoms with Crippen LogP contribution in [0.2, 0.25) is 0 Å². The third kappa shape index (κ3) is 2.15. The molecule has 94 valence electrons. The van der Waals surface area contributed by atoms with Crippen LogP contribution in [-0.4, -0.2) is 21.5 Å². The van der Waals surface area contributed by atoms with Crippen LogP contribution in [0.15, 0.2) is 11.7 Å². The summed E-state index contributed by atoms with van der Waals surface area (Å²) in [5.74, 6) is 0.836. The molecule has 0 aromatic carbocycles. The van der Waals surface area contributed by atoms with E-state index in [0.29, 0.717) is 0 Å². The predicted octanol–water partition coefficient (Wildman–Crippen LogP) is 2.20. The standard InChI is InChI=1S/C13H16N4S/c1-2-3-10-9-4-5-14-6-11(9)17-13(16-10)12-7-15-8-18-12/h7-8,14H,2-6H2,1H3. The first-order chi connectivity index (χ1) is 8.88. The van der Waals surface area contributed by atoms with Crippen LogP contribution in [0.25, 0.3) is 10.7 Å². The molecule has 0 fully saturated rings. The molecule has 1 aliphatic rings. The summed E-state index contributed by atoms with van der Waals surface area (Å²) in [7, 11) is 0. The predicted molar refractivity (Wildman–Crippen MR) is 72.5 cm³/mol. The SMILES string of the molecule is CCCc1nc(-c2cncs2)nc2c1CCNC2. The summed E-state index contributed by atoms with van der Waals surface area (Å²) in [6.45, 7) is 4.09. The topological polar surface area (TPSA) is 50.7 Å². The fourth-order valence-electron chi connectivity index (χ4n) is 2.32. The molecule has 3 heterocycles. The molecule has 2 aromatic rings. The van der Waals surface area contributed by atoms with Gasteiger partial charge in [-0.05, 0) is 24.9 Å².